The molecule has 1 fully saturated rings. The highest BCUT2D eigenvalue weighted by Gasteiger charge is 2.15. The van der Waals surface area contributed by atoms with E-state index in [4.69, 9.17) is 9.47 Å². The fraction of sp³-hybridized carbons (Fsp3) is 0.500. The van der Waals surface area contributed by atoms with Gasteiger partial charge in [-0.1, -0.05) is 18.2 Å². The molecule has 1 heterocycles. The van der Waals surface area contributed by atoms with Gasteiger partial charge in [-0.25, -0.2) is 4.79 Å². The van der Waals surface area contributed by atoms with Crippen LogP contribution >= 0.6 is 0 Å². The van der Waals surface area contributed by atoms with Crippen molar-refractivity contribution in [1.29, 1.82) is 0 Å². The van der Waals surface area contributed by atoms with Crippen LogP contribution in [0.4, 0.5) is 0 Å². The quantitative estimate of drug-likeness (QED) is 0.805. The Morgan fingerprint density at radius 1 is 1.44 bits per heavy atom. The third-order valence-electron chi connectivity index (χ3n) is 3.20. The van der Waals surface area contributed by atoms with Crippen molar-refractivity contribution in [2.45, 2.75) is 13.0 Å². The average Bonchev–Trinajstić information content (AvgIpc) is 2.92. The maximum absolute atomic E-state index is 11.6. The molecule has 1 aliphatic rings. The molecule has 0 aromatic heterocycles. The molecule has 0 amide bonds. The molecule has 1 aliphatic heterocycles. The lowest BCUT2D eigenvalue weighted by molar-refractivity contribution is 0.0587. The maximum Gasteiger partial charge on any atom is 0.338 e. The normalized spacial score (nSPS) is 18.8. The van der Waals surface area contributed by atoms with E-state index >= 15 is 0 Å². The third-order valence-corrected chi connectivity index (χ3v) is 3.20. The zero-order chi connectivity index (χ0) is 12.8. The molecule has 0 bridgehead atoms. The SMILES string of the molecule is COC(=O)c1ccccc1COC[C@@H]1CCNC1. The molecule has 4 heteroatoms. The van der Waals surface area contributed by atoms with Crippen molar-refractivity contribution in [3.05, 3.63) is 35.4 Å². The van der Waals surface area contributed by atoms with E-state index in [1.807, 2.05) is 18.2 Å². The lowest BCUT2D eigenvalue weighted by Crippen LogP contribution is -2.14. The topological polar surface area (TPSA) is 47.6 Å². The summed E-state index contributed by atoms with van der Waals surface area (Å²) in [5, 5.41) is 3.31. The van der Waals surface area contributed by atoms with Crippen molar-refractivity contribution < 1.29 is 14.3 Å². The highest BCUT2D eigenvalue weighted by atomic mass is 16.5. The number of methoxy groups -OCH3 is 1. The van der Waals surface area contributed by atoms with Crippen molar-refractivity contribution in [1.82, 2.24) is 5.32 Å². The molecule has 2 rings (SSSR count). The average molecular weight is 249 g/mol. The molecule has 0 unspecified atom stereocenters. The van der Waals surface area contributed by atoms with E-state index in [0.717, 1.165) is 25.3 Å². The van der Waals surface area contributed by atoms with Gasteiger partial charge in [-0.2, -0.15) is 0 Å². The fourth-order valence-electron chi connectivity index (χ4n) is 2.15. The van der Waals surface area contributed by atoms with Gasteiger partial charge in [-0.3, -0.25) is 0 Å². The first-order valence-corrected chi connectivity index (χ1v) is 6.26. The lowest BCUT2D eigenvalue weighted by atomic mass is 10.1. The standard InChI is InChI=1S/C14H19NO3/c1-17-14(16)13-5-3-2-4-12(13)10-18-9-11-6-7-15-8-11/h2-5,11,15H,6-10H2,1H3/t11-/m1/s1. The molecule has 4 nitrogen and oxygen atoms in total. The summed E-state index contributed by atoms with van der Waals surface area (Å²) in [4.78, 5) is 11.6. The van der Waals surface area contributed by atoms with Gasteiger partial charge in [0, 0.05) is 6.54 Å². The molecule has 0 radical (unpaired) electrons. The molecule has 1 aromatic rings. The summed E-state index contributed by atoms with van der Waals surface area (Å²) in [6, 6.07) is 7.40. The van der Waals surface area contributed by atoms with E-state index in [1.165, 1.54) is 13.5 Å². The molecule has 0 spiro atoms. The van der Waals surface area contributed by atoms with Gasteiger partial charge >= 0.3 is 5.97 Å². The Bertz CT molecular complexity index is 400. The van der Waals surface area contributed by atoms with Gasteiger partial charge in [0.15, 0.2) is 0 Å². The molecule has 98 valence electrons. The van der Waals surface area contributed by atoms with Gasteiger partial charge in [0.05, 0.1) is 25.9 Å². The second-order valence-corrected chi connectivity index (χ2v) is 4.52. The summed E-state index contributed by atoms with van der Waals surface area (Å²) in [6.07, 6.45) is 1.17. The van der Waals surface area contributed by atoms with Crippen LogP contribution in [0.3, 0.4) is 0 Å². The first kappa shape index (κ1) is 13.1. The van der Waals surface area contributed by atoms with Gasteiger partial charge in [0.1, 0.15) is 0 Å². The van der Waals surface area contributed by atoms with Gasteiger partial charge in [-0.15, -0.1) is 0 Å². The molecular weight excluding hydrogens is 230 g/mol. The van der Waals surface area contributed by atoms with Gasteiger partial charge in [0.25, 0.3) is 0 Å². The summed E-state index contributed by atoms with van der Waals surface area (Å²) in [6.45, 7) is 3.30. The minimum Gasteiger partial charge on any atom is -0.465 e. The summed E-state index contributed by atoms with van der Waals surface area (Å²) in [5.74, 6) is 0.284. The minimum atomic E-state index is -0.309. The minimum absolute atomic E-state index is 0.309. The van der Waals surface area contributed by atoms with Gasteiger partial charge in [0.2, 0.25) is 0 Å². The largest absolute Gasteiger partial charge is 0.465 e. The Hall–Kier alpha value is -1.39. The molecule has 18 heavy (non-hydrogen) atoms. The smallest absolute Gasteiger partial charge is 0.338 e. The Morgan fingerprint density at radius 3 is 3.00 bits per heavy atom. The summed E-state index contributed by atoms with van der Waals surface area (Å²) < 4.78 is 10.4. The summed E-state index contributed by atoms with van der Waals surface area (Å²) >= 11 is 0. The van der Waals surface area contributed by atoms with Crippen LogP contribution < -0.4 is 5.32 Å². The second kappa shape index (κ2) is 6.52. The monoisotopic (exact) mass is 249 g/mol. The van der Waals surface area contributed by atoms with E-state index in [9.17, 15) is 4.79 Å². The van der Waals surface area contributed by atoms with Crippen LogP contribution in [0, 0.1) is 5.92 Å². The van der Waals surface area contributed by atoms with Crippen LogP contribution in [0.5, 0.6) is 0 Å². The predicted molar refractivity (Wildman–Crippen MR) is 68.4 cm³/mol. The molecular formula is C14H19NO3. The summed E-state index contributed by atoms with van der Waals surface area (Å²) in [7, 11) is 1.39. The van der Waals surface area contributed by atoms with Crippen LogP contribution in [0.15, 0.2) is 24.3 Å². The Morgan fingerprint density at radius 2 is 2.28 bits per heavy atom. The van der Waals surface area contributed by atoms with Crippen molar-refractivity contribution in [3.63, 3.8) is 0 Å². The zero-order valence-corrected chi connectivity index (χ0v) is 10.6. The van der Waals surface area contributed by atoms with Gasteiger partial charge < -0.3 is 14.8 Å². The van der Waals surface area contributed by atoms with Crippen molar-refractivity contribution in [3.8, 4) is 0 Å². The summed E-state index contributed by atoms with van der Waals surface area (Å²) in [5.41, 5.74) is 1.47. The number of esters is 1. The Labute approximate surface area is 107 Å². The number of hydrogen-bond donors (Lipinski definition) is 1. The van der Waals surface area contributed by atoms with Crippen LogP contribution in [0.1, 0.15) is 22.3 Å². The number of hydrogen-bond acceptors (Lipinski definition) is 4. The van der Waals surface area contributed by atoms with Crippen LogP contribution in [0.2, 0.25) is 0 Å². The number of ether oxygens (including phenoxy) is 2. The van der Waals surface area contributed by atoms with Crippen molar-refractivity contribution in [2.75, 3.05) is 26.8 Å². The Kier molecular flexibility index (Phi) is 4.73. The first-order chi connectivity index (χ1) is 8.81. The highest BCUT2D eigenvalue weighted by Crippen LogP contribution is 2.13. The number of carbonyl (C=O) groups excluding carboxylic acids is 1. The molecule has 1 atom stereocenters. The predicted octanol–water partition coefficient (Wildman–Crippen LogP) is 1.60. The van der Waals surface area contributed by atoms with Crippen LogP contribution in [-0.2, 0) is 16.1 Å². The number of nitrogens with one attached hydrogen (secondary N) is 1. The van der Waals surface area contributed by atoms with E-state index in [2.05, 4.69) is 5.32 Å². The number of benzene rings is 1. The van der Waals surface area contributed by atoms with E-state index in [-0.39, 0.29) is 5.97 Å². The second-order valence-electron chi connectivity index (χ2n) is 4.52. The molecule has 1 aromatic carbocycles. The highest BCUT2D eigenvalue weighted by molar-refractivity contribution is 5.90. The number of carbonyl (C=O) groups is 1. The van der Waals surface area contributed by atoms with Crippen molar-refractivity contribution >= 4 is 5.97 Å². The third kappa shape index (κ3) is 3.31. The molecule has 0 aliphatic carbocycles. The number of rotatable bonds is 5. The van der Waals surface area contributed by atoms with E-state index in [0.29, 0.717) is 18.1 Å². The van der Waals surface area contributed by atoms with Crippen LogP contribution in [0.25, 0.3) is 0 Å². The van der Waals surface area contributed by atoms with Crippen molar-refractivity contribution in [2.24, 2.45) is 5.92 Å². The first-order valence-electron chi connectivity index (χ1n) is 6.26. The zero-order valence-electron chi connectivity index (χ0n) is 10.6. The Balaban J connectivity index is 1.89. The van der Waals surface area contributed by atoms with E-state index in [1.54, 1.807) is 6.07 Å². The fourth-order valence-corrected chi connectivity index (χ4v) is 2.15. The molecule has 1 saturated heterocycles. The van der Waals surface area contributed by atoms with E-state index < -0.39 is 0 Å². The molecule has 1 N–H and O–H groups in total. The van der Waals surface area contributed by atoms with Gasteiger partial charge in [-0.05, 0) is 30.5 Å². The maximum atomic E-state index is 11.6. The molecule has 0 saturated carbocycles. The van der Waals surface area contributed by atoms with Crippen LogP contribution in [-0.4, -0.2) is 32.8 Å². The lowest BCUT2D eigenvalue weighted by Gasteiger charge is -2.11.